The summed E-state index contributed by atoms with van der Waals surface area (Å²) in [6.07, 6.45) is 2.17. The summed E-state index contributed by atoms with van der Waals surface area (Å²) in [6.45, 7) is 6.31. The van der Waals surface area contributed by atoms with E-state index in [-0.39, 0.29) is 30.9 Å². The number of hydrogen-bond donors (Lipinski definition) is 3. The molecule has 2 atom stereocenters. The van der Waals surface area contributed by atoms with Gasteiger partial charge < -0.3 is 11.1 Å². The Morgan fingerprint density at radius 3 is 2.74 bits per heavy atom. The monoisotopic (exact) mass is 292 g/mol. The topological polar surface area (TPSA) is 87.5 Å². The Bertz CT molecular complexity index is 299. The number of nitrogens with zero attached hydrogens (tertiary/aromatic N) is 1. The van der Waals surface area contributed by atoms with Crippen molar-refractivity contribution in [3.8, 4) is 0 Å². The average molecular weight is 293 g/mol. The van der Waals surface area contributed by atoms with Crippen molar-refractivity contribution in [2.75, 3.05) is 26.2 Å². The highest BCUT2D eigenvalue weighted by Crippen LogP contribution is 2.18. The molecular weight excluding hydrogens is 268 g/mol. The predicted octanol–water partition coefficient (Wildman–Crippen LogP) is 0.313. The Morgan fingerprint density at radius 2 is 2.16 bits per heavy atom. The van der Waals surface area contributed by atoms with Crippen LogP contribution in [0.4, 0.5) is 4.79 Å². The molecule has 0 bridgehead atoms. The van der Waals surface area contributed by atoms with E-state index in [1.807, 2.05) is 13.8 Å². The molecule has 0 spiro atoms. The SMILES string of the molecule is CCNC(=O)NC(=O)CN1CCCC(C(C)N)C1.Cl. The minimum Gasteiger partial charge on any atom is -0.338 e. The molecule has 112 valence electrons. The van der Waals surface area contributed by atoms with E-state index in [0.29, 0.717) is 12.5 Å². The molecule has 0 radical (unpaired) electrons. The van der Waals surface area contributed by atoms with E-state index >= 15 is 0 Å². The maximum absolute atomic E-state index is 11.6. The molecule has 0 aromatic rings. The third-order valence-electron chi connectivity index (χ3n) is 3.24. The van der Waals surface area contributed by atoms with Gasteiger partial charge in [-0.25, -0.2) is 4.79 Å². The number of nitrogens with two attached hydrogens (primary N) is 1. The fourth-order valence-electron chi connectivity index (χ4n) is 2.24. The van der Waals surface area contributed by atoms with Crippen molar-refractivity contribution in [2.24, 2.45) is 11.7 Å². The van der Waals surface area contributed by atoms with Crippen LogP contribution in [0, 0.1) is 5.92 Å². The molecule has 0 aromatic heterocycles. The minimum absolute atomic E-state index is 0. The lowest BCUT2D eigenvalue weighted by atomic mass is 9.92. The van der Waals surface area contributed by atoms with Gasteiger partial charge in [-0.1, -0.05) is 0 Å². The standard InChI is InChI=1S/C12H24N4O2.ClH/c1-3-14-12(18)15-11(17)8-16-6-4-5-10(7-16)9(2)13;/h9-10H,3-8,13H2,1-2H3,(H2,14,15,17,18);1H. The number of amides is 3. The maximum atomic E-state index is 11.6. The van der Waals surface area contributed by atoms with Crippen molar-refractivity contribution in [1.82, 2.24) is 15.5 Å². The molecule has 4 N–H and O–H groups in total. The van der Waals surface area contributed by atoms with Crippen LogP contribution in [0.25, 0.3) is 0 Å². The summed E-state index contributed by atoms with van der Waals surface area (Å²) in [5.41, 5.74) is 5.89. The van der Waals surface area contributed by atoms with Crippen molar-refractivity contribution in [2.45, 2.75) is 32.7 Å². The van der Waals surface area contributed by atoms with Crippen LogP contribution < -0.4 is 16.4 Å². The van der Waals surface area contributed by atoms with Crippen LogP contribution in [0.5, 0.6) is 0 Å². The maximum Gasteiger partial charge on any atom is 0.321 e. The number of piperidine rings is 1. The molecule has 1 aliphatic heterocycles. The number of nitrogens with one attached hydrogen (secondary N) is 2. The quantitative estimate of drug-likeness (QED) is 0.696. The second-order valence-corrected chi connectivity index (χ2v) is 4.90. The van der Waals surface area contributed by atoms with Gasteiger partial charge in [-0.05, 0) is 39.2 Å². The normalized spacial score (nSPS) is 21.1. The summed E-state index contributed by atoms with van der Waals surface area (Å²) in [7, 11) is 0. The minimum atomic E-state index is -0.428. The third-order valence-corrected chi connectivity index (χ3v) is 3.24. The summed E-state index contributed by atoms with van der Waals surface area (Å²) in [6, 6.07) is -0.275. The smallest absolute Gasteiger partial charge is 0.321 e. The summed E-state index contributed by atoms with van der Waals surface area (Å²) >= 11 is 0. The van der Waals surface area contributed by atoms with Gasteiger partial charge in [0.15, 0.2) is 0 Å². The van der Waals surface area contributed by atoms with Gasteiger partial charge in [-0.2, -0.15) is 0 Å². The Morgan fingerprint density at radius 1 is 1.47 bits per heavy atom. The van der Waals surface area contributed by atoms with Gasteiger partial charge in [0.1, 0.15) is 0 Å². The lowest BCUT2D eigenvalue weighted by Gasteiger charge is -2.34. The Hall–Kier alpha value is -0.850. The van der Waals surface area contributed by atoms with Crippen LogP contribution in [0.1, 0.15) is 26.7 Å². The highest BCUT2D eigenvalue weighted by molar-refractivity contribution is 5.95. The second kappa shape index (κ2) is 9.12. The van der Waals surface area contributed by atoms with Crippen LogP contribution in [0.15, 0.2) is 0 Å². The first kappa shape index (κ1) is 18.1. The fourth-order valence-corrected chi connectivity index (χ4v) is 2.24. The molecule has 0 saturated carbocycles. The first-order chi connectivity index (χ1) is 8.52. The zero-order valence-electron chi connectivity index (χ0n) is 11.6. The van der Waals surface area contributed by atoms with Crippen molar-refractivity contribution >= 4 is 24.3 Å². The van der Waals surface area contributed by atoms with E-state index < -0.39 is 6.03 Å². The molecule has 19 heavy (non-hydrogen) atoms. The fraction of sp³-hybridized carbons (Fsp3) is 0.833. The number of carbonyl (C=O) groups is 2. The molecule has 3 amide bonds. The van der Waals surface area contributed by atoms with Gasteiger partial charge in [0.2, 0.25) is 5.91 Å². The second-order valence-electron chi connectivity index (χ2n) is 4.90. The number of rotatable bonds is 4. The van der Waals surface area contributed by atoms with Crippen molar-refractivity contribution < 1.29 is 9.59 Å². The molecule has 1 saturated heterocycles. The molecule has 2 unspecified atom stereocenters. The van der Waals surface area contributed by atoms with Crippen LogP contribution in [-0.4, -0.2) is 49.1 Å². The van der Waals surface area contributed by atoms with E-state index in [0.717, 1.165) is 25.9 Å². The van der Waals surface area contributed by atoms with E-state index in [1.54, 1.807) is 0 Å². The zero-order valence-corrected chi connectivity index (χ0v) is 12.5. The predicted molar refractivity (Wildman–Crippen MR) is 77.3 cm³/mol. The van der Waals surface area contributed by atoms with Crippen molar-refractivity contribution in [3.63, 3.8) is 0 Å². The molecule has 0 aromatic carbocycles. The summed E-state index contributed by atoms with van der Waals surface area (Å²) in [4.78, 5) is 24.9. The number of halogens is 1. The highest BCUT2D eigenvalue weighted by atomic mass is 35.5. The Balaban J connectivity index is 0.00000324. The van der Waals surface area contributed by atoms with Gasteiger partial charge in [-0.15, -0.1) is 12.4 Å². The van der Waals surface area contributed by atoms with Gasteiger partial charge in [0.05, 0.1) is 6.54 Å². The van der Waals surface area contributed by atoms with Gasteiger partial charge in [0.25, 0.3) is 0 Å². The van der Waals surface area contributed by atoms with Crippen LogP contribution in [-0.2, 0) is 4.79 Å². The van der Waals surface area contributed by atoms with E-state index in [1.165, 1.54) is 0 Å². The average Bonchev–Trinajstić information content (AvgIpc) is 2.29. The number of urea groups is 1. The number of hydrogen-bond acceptors (Lipinski definition) is 4. The molecule has 6 nitrogen and oxygen atoms in total. The molecule has 1 rings (SSSR count). The van der Waals surface area contributed by atoms with Gasteiger partial charge in [-0.3, -0.25) is 15.0 Å². The summed E-state index contributed by atoms with van der Waals surface area (Å²) < 4.78 is 0. The molecular formula is C12H25ClN4O2. The van der Waals surface area contributed by atoms with E-state index in [4.69, 9.17) is 5.73 Å². The number of likely N-dealkylation sites (tertiary alicyclic amines) is 1. The number of carbonyl (C=O) groups excluding carboxylic acids is 2. The van der Waals surface area contributed by atoms with E-state index in [9.17, 15) is 9.59 Å². The van der Waals surface area contributed by atoms with Crippen LogP contribution in [0.3, 0.4) is 0 Å². The highest BCUT2D eigenvalue weighted by Gasteiger charge is 2.24. The molecule has 1 fully saturated rings. The third kappa shape index (κ3) is 6.75. The van der Waals surface area contributed by atoms with Gasteiger partial charge in [0, 0.05) is 19.1 Å². The summed E-state index contributed by atoms with van der Waals surface area (Å²) in [5, 5.41) is 4.84. The first-order valence-electron chi connectivity index (χ1n) is 6.58. The van der Waals surface area contributed by atoms with Crippen molar-refractivity contribution in [3.05, 3.63) is 0 Å². The zero-order chi connectivity index (χ0) is 13.5. The Labute approximate surface area is 120 Å². The van der Waals surface area contributed by atoms with Gasteiger partial charge >= 0.3 is 6.03 Å². The van der Waals surface area contributed by atoms with Crippen molar-refractivity contribution in [1.29, 1.82) is 0 Å². The largest absolute Gasteiger partial charge is 0.338 e. The Kier molecular flexibility index (Phi) is 8.71. The van der Waals surface area contributed by atoms with E-state index in [2.05, 4.69) is 15.5 Å². The molecule has 1 heterocycles. The van der Waals surface area contributed by atoms with Crippen LogP contribution >= 0.6 is 12.4 Å². The first-order valence-corrected chi connectivity index (χ1v) is 6.58. The molecule has 1 aliphatic rings. The molecule has 0 aliphatic carbocycles. The lowest BCUT2D eigenvalue weighted by Crippen LogP contribution is -2.48. The summed E-state index contributed by atoms with van der Waals surface area (Å²) in [5.74, 6) is 0.183. The number of imide groups is 1. The molecule has 7 heteroatoms. The van der Waals surface area contributed by atoms with Crippen LogP contribution in [0.2, 0.25) is 0 Å². The lowest BCUT2D eigenvalue weighted by molar-refractivity contribution is -0.121.